The Kier molecular flexibility index (Phi) is 6.28. The van der Waals surface area contributed by atoms with Gasteiger partial charge in [-0.3, -0.25) is 0 Å². The highest BCUT2D eigenvalue weighted by Gasteiger charge is 2.05. The molecule has 0 fully saturated rings. The number of ether oxygens (including phenoxy) is 1. The Balaban J connectivity index is 2.55. The van der Waals surface area contributed by atoms with E-state index in [1.54, 1.807) is 6.07 Å². The lowest BCUT2D eigenvalue weighted by atomic mass is 10.1. The molecule has 0 saturated heterocycles. The largest absolute Gasteiger partial charge is 0.476 e. The first-order valence-corrected chi connectivity index (χ1v) is 6.41. The Labute approximate surface area is 108 Å². The molecule has 1 heterocycles. The van der Waals surface area contributed by atoms with E-state index in [9.17, 15) is 0 Å². The van der Waals surface area contributed by atoms with Gasteiger partial charge in [-0.25, -0.2) is 0 Å². The van der Waals surface area contributed by atoms with Crippen LogP contribution in [0.15, 0.2) is 12.1 Å². The standard InChI is InChI=1S/C13H23N3O2/c1-3-8-18-13-11(14)4-5-12(16-13)15-9-10(2)6-7-17/h4-5,10,17H,3,6-9,14H2,1-2H3,(H,15,16). The SMILES string of the molecule is CCCOc1nc(NCC(C)CCO)ccc1N. The van der Waals surface area contributed by atoms with Gasteiger partial charge in [0.15, 0.2) is 0 Å². The number of aliphatic hydroxyl groups is 1. The number of pyridine rings is 1. The van der Waals surface area contributed by atoms with Crippen LogP contribution in [0.4, 0.5) is 11.5 Å². The average Bonchev–Trinajstić information content (AvgIpc) is 2.36. The molecule has 1 aromatic rings. The molecule has 102 valence electrons. The highest BCUT2D eigenvalue weighted by molar-refractivity contribution is 5.53. The molecule has 0 spiro atoms. The Hall–Kier alpha value is -1.49. The lowest BCUT2D eigenvalue weighted by Crippen LogP contribution is -2.14. The van der Waals surface area contributed by atoms with Crippen LogP contribution in [0.2, 0.25) is 0 Å². The number of nitrogens with zero attached hydrogens (tertiary/aromatic N) is 1. The van der Waals surface area contributed by atoms with Crippen LogP contribution >= 0.6 is 0 Å². The van der Waals surface area contributed by atoms with Crippen molar-refractivity contribution in [3.63, 3.8) is 0 Å². The van der Waals surface area contributed by atoms with Gasteiger partial charge in [0.2, 0.25) is 5.88 Å². The summed E-state index contributed by atoms with van der Waals surface area (Å²) >= 11 is 0. The highest BCUT2D eigenvalue weighted by atomic mass is 16.5. The average molecular weight is 253 g/mol. The van der Waals surface area contributed by atoms with Crippen LogP contribution in [0.3, 0.4) is 0 Å². The van der Waals surface area contributed by atoms with Gasteiger partial charge >= 0.3 is 0 Å². The first kappa shape index (κ1) is 14.6. The summed E-state index contributed by atoms with van der Waals surface area (Å²) in [7, 11) is 0. The first-order valence-electron chi connectivity index (χ1n) is 6.41. The number of aromatic nitrogens is 1. The molecule has 1 unspecified atom stereocenters. The lowest BCUT2D eigenvalue weighted by molar-refractivity contribution is 0.265. The molecule has 0 radical (unpaired) electrons. The fourth-order valence-electron chi connectivity index (χ4n) is 1.47. The Morgan fingerprint density at radius 1 is 1.50 bits per heavy atom. The summed E-state index contributed by atoms with van der Waals surface area (Å²) in [5.74, 6) is 1.63. The summed E-state index contributed by atoms with van der Waals surface area (Å²) in [6.45, 7) is 5.71. The van der Waals surface area contributed by atoms with Crippen LogP contribution in [0, 0.1) is 5.92 Å². The second-order valence-electron chi connectivity index (χ2n) is 4.44. The Bertz CT molecular complexity index is 358. The summed E-state index contributed by atoms with van der Waals surface area (Å²) in [5.41, 5.74) is 6.34. The number of anilines is 2. The van der Waals surface area contributed by atoms with E-state index in [0.717, 1.165) is 25.2 Å². The van der Waals surface area contributed by atoms with E-state index in [1.807, 2.05) is 13.0 Å². The molecule has 0 bridgehead atoms. The van der Waals surface area contributed by atoms with E-state index in [4.69, 9.17) is 15.6 Å². The monoisotopic (exact) mass is 253 g/mol. The second-order valence-corrected chi connectivity index (χ2v) is 4.44. The smallest absolute Gasteiger partial charge is 0.239 e. The minimum Gasteiger partial charge on any atom is -0.476 e. The zero-order chi connectivity index (χ0) is 13.4. The fraction of sp³-hybridized carbons (Fsp3) is 0.615. The van der Waals surface area contributed by atoms with Gasteiger partial charge in [-0.15, -0.1) is 0 Å². The Morgan fingerprint density at radius 2 is 2.28 bits per heavy atom. The molecule has 5 nitrogen and oxygen atoms in total. The van der Waals surface area contributed by atoms with Crippen molar-refractivity contribution >= 4 is 11.5 Å². The predicted octanol–water partition coefficient (Wildman–Crippen LogP) is 1.88. The third kappa shape index (κ3) is 4.79. The normalized spacial score (nSPS) is 12.2. The van der Waals surface area contributed by atoms with Crippen LogP contribution in [0.5, 0.6) is 5.88 Å². The van der Waals surface area contributed by atoms with Gasteiger partial charge in [0.1, 0.15) is 5.82 Å². The third-order valence-electron chi connectivity index (χ3n) is 2.59. The maximum absolute atomic E-state index is 8.83. The van der Waals surface area contributed by atoms with E-state index in [0.29, 0.717) is 24.1 Å². The molecule has 0 aliphatic rings. The van der Waals surface area contributed by atoms with Crippen LogP contribution in [0.25, 0.3) is 0 Å². The van der Waals surface area contributed by atoms with Crippen molar-refractivity contribution in [2.24, 2.45) is 5.92 Å². The summed E-state index contributed by atoms with van der Waals surface area (Å²) in [4.78, 5) is 4.32. The molecule has 1 aromatic heterocycles. The summed E-state index contributed by atoms with van der Waals surface area (Å²) in [5, 5.41) is 12.0. The van der Waals surface area contributed by atoms with Crippen molar-refractivity contribution in [1.29, 1.82) is 0 Å². The number of nitrogens with two attached hydrogens (primary N) is 1. The number of nitrogens with one attached hydrogen (secondary N) is 1. The molecule has 0 amide bonds. The molecular weight excluding hydrogens is 230 g/mol. The van der Waals surface area contributed by atoms with Crippen molar-refractivity contribution in [1.82, 2.24) is 4.98 Å². The molecule has 1 atom stereocenters. The van der Waals surface area contributed by atoms with Crippen molar-refractivity contribution in [3.8, 4) is 5.88 Å². The summed E-state index contributed by atoms with van der Waals surface area (Å²) in [6, 6.07) is 3.62. The fourth-order valence-corrected chi connectivity index (χ4v) is 1.47. The van der Waals surface area contributed by atoms with Gasteiger partial charge in [0.05, 0.1) is 12.3 Å². The Morgan fingerprint density at radius 3 is 2.94 bits per heavy atom. The number of rotatable bonds is 8. The molecule has 0 saturated carbocycles. The van der Waals surface area contributed by atoms with Crippen LogP contribution in [0.1, 0.15) is 26.7 Å². The molecule has 0 aliphatic heterocycles. The summed E-state index contributed by atoms with van der Waals surface area (Å²) in [6.07, 6.45) is 1.70. The number of hydrogen-bond donors (Lipinski definition) is 3. The van der Waals surface area contributed by atoms with Gasteiger partial charge in [0, 0.05) is 13.2 Å². The topological polar surface area (TPSA) is 80.4 Å². The number of hydrogen-bond acceptors (Lipinski definition) is 5. The third-order valence-corrected chi connectivity index (χ3v) is 2.59. The minimum absolute atomic E-state index is 0.211. The zero-order valence-electron chi connectivity index (χ0n) is 11.1. The predicted molar refractivity (Wildman–Crippen MR) is 73.8 cm³/mol. The molecule has 5 heteroatoms. The minimum atomic E-state index is 0.211. The van der Waals surface area contributed by atoms with Crippen molar-refractivity contribution in [3.05, 3.63) is 12.1 Å². The van der Waals surface area contributed by atoms with E-state index >= 15 is 0 Å². The van der Waals surface area contributed by atoms with Crippen molar-refractivity contribution in [2.45, 2.75) is 26.7 Å². The number of aliphatic hydroxyl groups excluding tert-OH is 1. The van der Waals surface area contributed by atoms with Crippen LogP contribution in [-0.4, -0.2) is 29.8 Å². The van der Waals surface area contributed by atoms with Crippen molar-refractivity contribution < 1.29 is 9.84 Å². The zero-order valence-corrected chi connectivity index (χ0v) is 11.1. The maximum Gasteiger partial charge on any atom is 0.239 e. The second kappa shape index (κ2) is 7.76. The summed E-state index contributed by atoms with van der Waals surface area (Å²) < 4.78 is 5.46. The lowest BCUT2D eigenvalue weighted by Gasteiger charge is -2.13. The molecule has 0 aliphatic carbocycles. The molecule has 4 N–H and O–H groups in total. The molecule has 18 heavy (non-hydrogen) atoms. The molecule has 0 aromatic carbocycles. The van der Waals surface area contributed by atoms with E-state index < -0.39 is 0 Å². The molecule has 1 rings (SSSR count). The maximum atomic E-state index is 8.83. The van der Waals surface area contributed by atoms with Gasteiger partial charge in [-0.2, -0.15) is 4.98 Å². The van der Waals surface area contributed by atoms with Gasteiger partial charge in [-0.05, 0) is 30.9 Å². The van der Waals surface area contributed by atoms with Gasteiger partial charge < -0.3 is 20.9 Å². The molecular formula is C13H23N3O2. The van der Waals surface area contributed by atoms with Crippen LogP contribution < -0.4 is 15.8 Å². The first-order chi connectivity index (χ1) is 8.67. The highest BCUT2D eigenvalue weighted by Crippen LogP contribution is 2.21. The number of nitrogen functional groups attached to an aromatic ring is 1. The van der Waals surface area contributed by atoms with E-state index in [-0.39, 0.29) is 6.61 Å². The van der Waals surface area contributed by atoms with Gasteiger partial charge in [-0.1, -0.05) is 13.8 Å². The quantitative estimate of drug-likeness (QED) is 0.659. The van der Waals surface area contributed by atoms with E-state index in [2.05, 4.69) is 17.2 Å². The van der Waals surface area contributed by atoms with Crippen LogP contribution in [-0.2, 0) is 0 Å². The van der Waals surface area contributed by atoms with Gasteiger partial charge in [0.25, 0.3) is 0 Å². The van der Waals surface area contributed by atoms with Crippen molar-refractivity contribution in [2.75, 3.05) is 30.8 Å². The van der Waals surface area contributed by atoms with E-state index in [1.165, 1.54) is 0 Å².